The minimum atomic E-state index is -1.12. The third-order valence-corrected chi connectivity index (χ3v) is 2.07. The largest absolute Gasteiger partial charge is 0.468 e. The van der Waals surface area contributed by atoms with E-state index in [0.29, 0.717) is 0 Å². The molecule has 0 radical (unpaired) electrons. The molecule has 0 aliphatic carbocycles. The molecule has 1 unspecified atom stereocenters. The quantitative estimate of drug-likeness (QED) is 0.565. The van der Waals surface area contributed by atoms with Crippen LogP contribution in [0.2, 0.25) is 0 Å². The SMILES string of the molecule is COC(=O)C(Cl)c1ccc(F)c(F)c1. The van der Waals surface area contributed by atoms with E-state index < -0.39 is 23.0 Å². The molecule has 0 amide bonds. The van der Waals surface area contributed by atoms with Crippen molar-refractivity contribution < 1.29 is 18.3 Å². The molecule has 2 nitrogen and oxygen atoms in total. The van der Waals surface area contributed by atoms with Crippen molar-refractivity contribution >= 4 is 17.6 Å². The van der Waals surface area contributed by atoms with Gasteiger partial charge in [0.1, 0.15) is 0 Å². The number of hydrogen-bond donors (Lipinski definition) is 0. The van der Waals surface area contributed by atoms with Crippen molar-refractivity contribution in [1.29, 1.82) is 0 Å². The Hall–Kier alpha value is -1.16. The number of alkyl halides is 1. The second-order valence-electron chi connectivity index (χ2n) is 2.56. The van der Waals surface area contributed by atoms with Crippen molar-refractivity contribution in [2.45, 2.75) is 5.38 Å². The Bertz CT molecular complexity index is 355. The number of esters is 1. The maximum absolute atomic E-state index is 12.7. The van der Waals surface area contributed by atoms with Gasteiger partial charge < -0.3 is 4.74 Å². The first kappa shape index (κ1) is 10.9. The second-order valence-corrected chi connectivity index (χ2v) is 3.00. The fraction of sp³-hybridized carbons (Fsp3) is 0.222. The normalized spacial score (nSPS) is 12.3. The highest BCUT2D eigenvalue weighted by Gasteiger charge is 2.19. The van der Waals surface area contributed by atoms with Crippen molar-refractivity contribution in [2.24, 2.45) is 0 Å². The Labute approximate surface area is 84.4 Å². The van der Waals surface area contributed by atoms with Crippen LogP contribution in [0.4, 0.5) is 8.78 Å². The highest BCUT2D eigenvalue weighted by Crippen LogP contribution is 2.23. The van der Waals surface area contributed by atoms with Gasteiger partial charge in [0.25, 0.3) is 0 Å². The van der Waals surface area contributed by atoms with E-state index in [9.17, 15) is 13.6 Å². The molecule has 0 heterocycles. The van der Waals surface area contributed by atoms with Gasteiger partial charge in [-0.15, -0.1) is 11.6 Å². The summed E-state index contributed by atoms with van der Waals surface area (Å²) in [7, 11) is 1.16. The summed E-state index contributed by atoms with van der Waals surface area (Å²) in [5, 5.41) is -1.12. The monoisotopic (exact) mass is 220 g/mol. The number of hydrogen-bond acceptors (Lipinski definition) is 2. The number of methoxy groups -OCH3 is 1. The lowest BCUT2D eigenvalue weighted by atomic mass is 10.1. The lowest BCUT2D eigenvalue weighted by Crippen LogP contribution is -2.09. The lowest BCUT2D eigenvalue weighted by Gasteiger charge is -2.07. The first-order valence-corrected chi connectivity index (χ1v) is 4.16. The van der Waals surface area contributed by atoms with Crippen LogP contribution in [0, 0.1) is 11.6 Å². The molecular formula is C9H7ClF2O2. The summed E-state index contributed by atoms with van der Waals surface area (Å²) in [6, 6.07) is 3.00. The van der Waals surface area contributed by atoms with Gasteiger partial charge >= 0.3 is 5.97 Å². The molecule has 0 aliphatic heterocycles. The third kappa shape index (κ3) is 2.20. The van der Waals surface area contributed by atoms with Crippen molar-refractivity contribution in [3.05, 3.63) is 35.4 Å². The van der Waals surface area contributed by atoms with Crippen molar-refractivity contribution in [2.75, 3.05) is 7.11 Å². The molecule has 0 N–H and O–H groups in total. The maximum Gasteiger partial charge on any atom is 0.328 e. The van der Waals surface area contributed by atoms with Gasteiger partial charge in [0.2, 0.25) is 0 Å². The molecule has 0 spiro atoms. The molecule has 0 saturated carbocycles. The number of rotatable bonds is 2. The van der Waals surface area contributed by atoms with Crippen LogP contribution in [0.3, 0.4) is 0 Å². The number of carbonyl (C=O) groups is 1. The highest BCUT2D eigenvalue weighted by atomic mass is 35.5. The van der Waals surface area contributed by atoms with Crippen LogP contribution < -0.4 is 0 Å². The van der Waals surface area contributed by atoms with Gasteiger partial charge in [-0.2, -0.15) is 0 Å². The Morgan fingerprint density at radius 1 is 1.43 bits per heavy atom. The van der Waals surface area contributed by atoms with Gasteiger partial charge in [0.05, 0.1) is 7.11 Å². The predicted molar refractivity (Wildman–Crippen MR) is 47.0 cm³/mol. The van der Waals surface area contributed by atoms with Gasteiger partial charge in [0.15, 0.2) is 17.0 Å². The number of carbonyl (C=O) groups excluding carboxylic acids is 1. The zero-order valence-corrected chi connectivity index (χ0v) is 8.02. The Morgan fingerprint density at radius 3 is 2.57 bits per heavy atom. The van der Waals surface area contributed by atoms with E-state index in [2.05, 4.69) is 4.74 Å². The zero-order chi connectivity index (χ0) is 10.7. The van der Waals surface area contributed by atoms with Crippen LogP contribution in [0.25, 0.3) is 0 Å². The predicted octanol–water partition coefficient (Wildman–Crippen LogP) is 2.42. The summed E-state index contributed by atoms with van der Waals surface area (Å²) in [6.45, 7) is 0. The van der Waals surface area contributed by atoms with Crippen molar-refractivity contribution in [3.63, 3.8) is 0 Å². The lowest BCUT2D eigenvalue weighted by molar-refractivity contribution is -0.140. The molecule has 0 aromatic heterocycles. The van der Waals surface area contributed by atoms with Crippen LogP contribution in [-0.4, -0.2) is 13.1 Å². The molecule has 0 fully saturated rings. The van der Waals surface area contributed by atoms with Crippen LogP contribution in [0.15, 0.2) is 18.2 Å². The maximum atomic E-state index is 12.7. The van der Waals surface area contributed by atoms with Crippen LogP contribution in [-0.2, 0) is 9.53 Å². The molecule has 14 heavy (non-hydrogen) atoms. The molecule has 1 aromatic rings. The molecule has 1 atom stereocenters. The molecule has 0 aliphatic rings. The molecule has 0 saturated heterocycles. The topological polar surface area (TPSA) is 26.3 Å². The molecule has 1 rings (SSSR count). The third-order valence-electron chi connectivity index (χ3n) is 1.64. The molecule has 0 bridgehead atoms. The van der Waals surface area contributed by atoms with Crippen molar-refractivity contribution in [1.82, 2.24) is 0 Å². The van der Waals surface area contributed by atoms with E-state index >= 15 is 0 Å². The van der Waals surface area contributed by atoms with Gasteiger partial charge in [-0.3, -0.25) is 4.79 Å². The van der Waals surface area contributed by atoms with Gasteiger partial charge in [0, 0.05) is 0 Å². The summed E-state index contributed by atoms with van der Waals surface area (Å²) < 4.78 is 29.6. The van der Waals surface area contributed by atoms with Crippen LogP contribution in [0.5, 0.6) is 0 Å². The molecule has 76 valence electrons. The molecule has 5 heteroatoms. The zero-order valence-electron chi connectivity index (χ0n) is 7.26. The van der Waals surface area contributed by atoms with Gasteiger partial charge in [-0.25, -0.2) is 8.78 Å². The van der Waals surface area contributed by atoms with Gasteiger partial charge in [-0.05, 0) is 17.7 Å². The fourth-order valence-corrected chi connectivity index (χ4v) is 1.13. The number of benzene rings is 1. The average molecular weight is 221 g/mol. The van der Waals surface area contributed by atoms with E-state index in [1.54, 1.807) is 0 Å². The minimum absolute atomic E-state index is 0.164. The fourth-order valence-electron chi connectivity index (χ4n) is 0.910. The van der Waals surface area contributed by atoms with Crippen molar-refractivity contribution in [3.8, 4) is 0 Å². The smallest absolute Gasteiger partial charge is 0.328 e. The second kappa shape index (κ2) is 4.37. The molecule has 1 aromatic carbocycles. The van der Waals surface area contributed by atoms with E-state index in [4.69, 9.17) is 11.6 Å². The Morgan fingerprint density at radius 2 is 2.07 bits per heavy atom. The van der Waals surface area contributed by atoms with Crippen LogP contribution in [0.1, 0.15) is 10.9 Å². The van der Waals surface area contributed by atoms with E-state index in [1.807, 2.05) is 0 Å². The van der Waals surface area contributed by atoms with E-state index in [-0.39, 0.29) is 5.56 Å². The summed E-state index contributed by atoms with van der Waals surface area (Å²) in [5.41, 5.74) is 0.164. The van der Waals surface area contributed by atoms with Crippen LogP contribution >= 0.6 is 11.6 Å². The first-order valence-electron chi connectivity index (χ1n) is 3.73. The summed E-state index contributed by atoms with van der Waals surface area (Å²) in [5.74, 6) is -2.74. The van der Waals surface area contributed by atoms with E-state index in [0.717, 1.165) is 19.2 Å². The summed E-state index contributed by atoms with van der Waals surface area (Å²) in [6.07, 6.45) is 0. The Kier molecular flexibility index (Phi) is 3.41. The first-order chi connectivity index (χ1) is 6.56. The molecular weight excluding hydrogens is 214 g/mol. The summed E-state index contributed by atoms with van der Waals surface area (Å²) in [4.78, 5) is 10.9. The Balaban J connectivity index is 2.96. The van der Waals surface area contributed by atoms with E-state index in [1.165, 1.54) is 6.07 Å². The average Bonchev–Trinajstić information content (AvgIpc) is 2.20. The minimum Gasteiger partial charge on any atom is -0.468 e. The summed E-state index contributed by atoms with van der Waals surface area (Å²) >= 11 is 5.62. The standard InChI is InChI=1S/C9H7ClF2O2/c1-14-9(13)8(10)5-2-3-6(11)7(12)4-5/h2-4,8H,1H3. The number of halogens is 3. The highest BCUT2D eigenvalue weighted by molar-refractivity contribution is 6.29. The number of ether oxygens (including phenoxy) is 1. The van der Waals surface area contributed by atoms with Gasteiger partial charge in [-0.1, -0.05) is 6.07 Å².